The van der Waals surface area contributed by atoms with E-state index in [2.05, 4.69) is 26.7 Å². The van der Waals surface area contributed by atoms with Crippen molar-refractivity contribution in [2.75, 3.05) is 13.1 Å². The van der Waals surface area contributed by atoms with E-state index in [9.17, 15) is 9.59 Å². The largest absolute Gasteiger partial charge is 0.472 e. The van der Waals surface area contributed by atoms with Crippen molar-refractivity contribution in [2.45, 2.75) is 19.4 Å². The van der Waals surface area contributed by atoms with Gasteiger partial charge in [-0.15, -0.1) is 0 Å². The Bertz CT molecular complexity index is 1080. The first-order chi connectivity index (χ1) is 13.0. The number of ether oxygens (including phenoxy) is 1. The molecular weight excluding hydrogens is 346 g/mol. The number of pyridine rings is 1. The summed E-state index contributed by atoms with van der Waals surface area (Å²) in [5.74, 6) is 0.796. The number of H-pyrrole nitrogens is 2. The third-order valence-electron chi connectivity index (χ3n) is 4.66. The van der Waals surface area contributed by atoms with Crippen LogP contribution in [0.2, 0.25) is 0 Å². The number of rotatable bonds is 5. The third kappa shape index (κ3) is 3.33. The van der Waals surface area contributed by atoms with Gasteiger partial charge in [0.15, 0.2) is 11.6 Å². The molecule has 1 fully saturated rings. The van der Waals surface area contributed by atoms with Crippen molar-refractivity contribution in [3.63, 3.8) is 0 Å². The van der Waals surface area contributed by atoms with Crippen LogP contribution in [0.5, 0.6) is 5.88 Å². The molecule has 1 aliphatic heterocycles. The van der Waals surface area contributed by atoms with Gasteiger partial charge in [0.25, 0.3) is 0 Å². The number of hydrogen-bond donors (Lipinski definition) is 2. The Kier molecular flexibility index (Phi) is 4.23. The number of likely N-dealkylation sites (tertiary alicyclic amines) is 1. The fourth-order valence-corrected chi connectivity index (χ4v) is 3.22. The highest BCUT2D eigenvalue weighted by Gasteiger charge is 2.27. The minimum Gasteiger partial charge on any atom is -0.472 e. The zero-order valence-electron chi connectivity index (χ0n) is 14.9. The van der Waals surface area contributed by atoms with E-state index in [1.807, 2.05) is 35.2 Å². The first-order valence-electron chi connectivity index (χ1n) is 8.67. The van der Waals surface area contributed by atoms with Gasteiger partial charge < -0.3 is 9.64 Å². The smallest absolute Gasteiger partial charge is 0.340 e. The first kappa shape index (κ1) is 17.0. The second-order valence-corrected chi connectivity index (χ2v) is 6.54. The molecule has 1 atom stereocenters. The summed E-state index contributed by atoms with van der Waals surface area (Å²) in [5, 5.41) is 8.11. The van der Waals surface area contributed by atoms with E-state index in [1.54, 1.807) is 0 Å². The predicted molar refractivity (Wildman–Crippen MR) is 100 cm³/mol. The molecule has 0 saturated carbocycles. The van der Waals surface area contributed by atoms with Gasteiger partial charge in [-0.25, -0.2) is 14.9 Å². The van der Waals surface area contributed by atoms with Crippen molar-refractivity contribution in [1.29, 1.82) is 0 Å². The second kappa shape index (κ2) is 6.71. The molecule has 4 rings (SSSR count). The normalized spacial score (nSPS) is 16.6. The Morgan fingerprint density at radius 3 is 2.93 bits per heavy atom. The molecule has 2 N–H and O–H groups in total. The molecule has 8 nitrogen and oxygen atoms in total. The average molecular weight is 365 g/mol. The number of allylic oxidation sites excluding steroid dienone is 1. The van der Waals surface area contributed by atoms with E-state index in [0.717, 1.165) is 17.2 Å². The van der Waals surface area contributed by atoms with Crippen molar-refractivity contribution in [3.05, 3.63) is 53.1 Å². The molecule has 1 aromatic carbocycles. The van der Waals surface area contributed by atoms with Crippen LogP contribution in [0.3, 0.4) is 0 Å². The summed E-state index contributed by atoms with van der Waals surface area (Å²) in [7, 11) is 0. The summed E-state index contributed by atoms with van der Waals surface area (Å²) < 4.78 is 6.18. The number of benzene rings is 1. The molecule has 138 valence electrons. The topological polar surface area (TPSA) is 104 Å². The molecule has 2 aromatic heterocycles. The minimum atomic E-state index is -0.392. The lowest BCUT2D eigenvalue weighted by Gasteiger charge is -2.19. The number of ketones is 1. The van der Waals surface area contributed by atoms with E-state index in [0.29, 0.717) is 36.2 Å². The summed E-state index contributed by atoms with van der Waals surface area (Å²) in [6, 6.07) is 9.60. The van der Waals surface area contributed by atoms with Crippen molar-refractivity contribution in [2.24, 2.45) is 0 Å². The SMILES string of the molecule is C=C(C(C)=O)N1CC[C@H](Oc2nc(-c3n[nH]c(=O)[nH]3)cc3ccccc23)C1. The van der Waals surface area contributed by atoms with Crippen molar-refractivity contribution in [3.8, 4) is 17.4 Å². The number of nitrogens with one attached hydrogen (secondary N) is 2. The van der Waals surface area contributed by atoms with Crippen LogP contribution in [0.25, 0.3) is 22.3 Å². The summed E-state index contributed by atoms with van der Waals surface area (Å²) >= 11 is 0. The van der Waals surface area contributed by atoms with E-state index >= 15 is 0 Å². The van der Waals surface area contributed by atoms with Gasteiger partial charge in [-0.05, 0) is 17.5 Å². The van der Waals surface area contributed by atoms with Crippen molar-refractivity contribution >= 4 is 16.6 Å². The van der Waals surface area contributed by atoms with Gasteiger partial charge in [-0.3, -0.25) is 9.78 Å². The van der Waals surface area contributed by atoms with Gasteiger partial charge in [0.1, 0.15) is 11.8 Å². The maximum atomic E-state index is 11.5. The molecule has 3 aromatic rings. The van der Waals surface area contributed by atoms with E-state index in [-0.39, 0.29) is 11.9 Å². The average Bonchev–Trinajstić information content (AvgIpc) is 3.30. The summed E-state index contributed by atoms with van der Waals surface area (Å²) in [6.07, 6.45) is 0.664. The molecule has 3 heterocycles. The zero-order valence-corrected chi connectivity index (χ0v) is 14.9. The van der Waals surface area contributed by atoms with Crippen LogP contribution >= 0.6 is 0 Å². The van der Waals surface area contributed by atoms with Gasteiger partial charge in [0, 0.05) is 25.3 Å². The van der Waals surface area contributed by atoms with Crippen LogP contribution < -0.4 is 10.4 Å². The predicted octanol–water partition coefficient (Wildman–Crippen LogP) is 1.87. The molecule has 0 amide bonds. The molecule has 1 saturated heterocycles. The lowest BCUT2D eigenvalue weighted by molar-refractivity contribution is -0.114. The number of carbonyl (C=O) groups excluding carboxylic acids is 1. The van der Waals surface area contributed by atoms with Crippen LogP contribution in [-0.4, -0.2) is 50.0 Å². The maximum absolute atomic E-state index is 11.5. The van der Waals surface area contributed by atoms with Gasteiger partial charge in [-0.2, -0.15) is 5.10 Å². The number of nitrogens with zero attached hydrogens (tertiary/aromatic N) is 3. The Hall–Kier alpha value is -3.42. The third-order valence-corrected chi connectivity index (χ3v) is 4.66. The Morgan fingerprint density at radius 2 is 2.19 bits per heavy atom. The monoisotopic (exact) mass is 365 g/mol. The van der Waals surface area contributed by atoms with Gasteiger partial charge in [-0.1, -0.05) is 24.8 Å². The number of carbonyl (C=O) groups is 1. The first-order valence-corrected chi connectivity index (χ1v) is 8.67. The molecule has 1 aliphatic rings. The Labute approximate surface area is 154 Å². The molecule has 0 aliphatic carbocycles. The fourth-order valence-electron chi connectivity index (χ4n) is 3.22. The highest BCUT2D eigenvalue weighted by molar-refractivity contribution is 5.92. The van der Waals surface area contributed by atoms with Gasteiger partial charge >= 0.3 is 5.69 Å². The van der Waals surface area contributed by atoms with Gasteiger partial charge in [0.05, 0.1) is 12.2 Å². The second-order valence-electron chi connectivity index (χ2n) is 6.54. The van der Waals surface area contributed by atoms with Crippen LogP contribution in [0.1, 0.15) is 13.3 Å². The number of Topliss-reactive ketones (excluding diaryl/α,β-unsaturated/α-hetero) is 1. The van der Waals surface area contributed by atoms with E-state index in [1.165, 1.54) is 6.92 Å². The van der Waals surface area contributed by atoms with E-state index < -0.39 is 5.69 Å². The van der Waals surface area contributed by atoms with Crippen LogP contribution in [0.4, 0.5) is 0 Å². The number of hydrogen-bond acceptors (Lipinski definition) is 6. The van der Waals surface area contributed by atoms with E-state index in [4.69, 9.17) is 4.74 Å². The molecule has 0 radical (unpaired) electrons. The number of aromatic nitrogens is 4. The lowest BCUT2D eigenvalue weighted by atomic mass is 10.1. The standard InChI is InChI=1S/C19H19N5O3/c1-11(12(2)25)24-8-7-14(10-24)27-18-15-6-4-3-5-13(15)9-16(20-18)17-21-19(26)23-22-17/h3-6,9,14H,1,7-8,10H2,2H3,(H2,21,22,23,26)/t14-/m0/s1. The summed E-state index contributed by atoms with van der Waals surface area (Å²) in [4.78, 5) is 32.0. The molecule has 8 heteroatoms. The zero-order chi connectivity index (χ0) is 19.0. The van der Waals surface area contributed by atoms with Gasteiger partial charge in [0.2, 0.25) is 5.88 Å². The number of fused-ring (bicyclic) bond motifs is 1. The van der Waals surface area contributed by atoms with Crippen LogP contribution in [0, 0.1) is 0 Å². The maximum Gasteiger partial charge on any atom is 0.340 e. The Morgan fingerprint density at radius 1 is 1.37 bits per heavy atom. The quantitative estimate of drug-likeness (QED) is 0.669. The molecular formula is C19H19N5O3. The van der Waals surface area contributed by atoms with Crippen molar-refractivity contribution in [1.82, 2.24) is 25.1 Å². The van der Waals surface area contributed by atoms with Crippen LogP contribution in [0.15, 0.2) is 47.4 Å². The molecule has 0 bridgehead atoms. The lowest BCUT2D eigenvalue weighted by Crippen LogP contribution is -2.26. The van der Waals surface area contributed by atoms with Crippen LogP contribution in [-0.2, 0) is 4.79 Å². The summed E-state index contributed by atoms with van der Waals surface area (Å²) in [6.45, 7) is 6.65. The highest BCUT2D eigenvalue weighted by atomic mass is 16.5. The Balaban J connectivity index is 1.66. The molecule has 0 spiro atoms. The molecule has 0 unspecified atom stereocenters. The number of aromatic amines is 2. The minimum absolute atomic E-state index is 0.0382. The summed E-state index contributed by atoms with van der Waals surface area (Å²) in [5.41, 5.74) is 0.628. The highest BCUT2D eigenvalue weighted by Crippen LogP contribution is 2.30. The van der Waals surface area contributed by atoms with Crippen molar-refractivity contribution < 1.29 is 9.53 Å². The fraction of sp³-hybridized carbons (Fsp3) is 0.263. The molecule has 27 heavy (non-hydrogen) atoms.